The van der Waals surface area contributed by atoms with Gasteiger partial charge in [-0.25, -0.2) is 9.59 Å². The fraction of sp³-hybridized carbons (Fsp3) is 0.174. The number of rotatable bonds is 8. The SMILES string of the molecule is O=C=N[C@@H](Cc1c[nH]c2ccccc12)C(=O)N[C@@H](Cc1c[nH]c2ccccc12)C(=O)O. The Kier molecular flexibility index (Phi) is 5.64. The summed E-state index contributed by atoms with van der Waals surface area (Å²) in [5.41, 5.74) is 3.36. The first-order chi connectivity index (χ1) is 15.1. The highest BCUT2D eigenvalue weighted by Crippen LogP contribution is 2.21. The molecule has 4 rings (SSSR count). The second-order valence-electron chi connectivity index (χ2n) is 7.26. The molecule has 8 heteroatoms. The number of H-pyrrole nitrogens is 2. The van der Waals surface area contributed by atoms with Crippen LogP contribution in [0.15, 0.2) is 65.9 Å². The van der Waals surface area contributed by atoms with Gasteiger partial charge in [-0.2, -0.15) is 4.99 Å². The molecule has 8 nitrogen and oxygen atoms in total. The fourth-order valence-corrected chi connectivity index (χ4v) is 3.76. The molecule has 0 aliphatic heterocycles. The van der Waals surface area contributed by atoms with Gasteiger partial charge in [-0.3, -0.25) is 4.79 Å². The van der Waals surface area contributed by atoms with Crippen LogP contribution in [0.4, 0.5) is 0 Å². The summed E-state index contributed by atoms with van der Waals surface area (Å²) in [6.07, 6.45) is 5.16. The van der Waals surface area contributed by atoms with Crippen LogP contribution in [-0.2, 0) is 27.2 Å². The number of carboxylic acid groups (broad SMARTS) is 1. The molecule has 0 spiro atoms. The topological polar surface area (TPSA) is 127 Å². The Bertz CT molecular complexity index is 1300. The second-order valence-corrected chi connectivity index (χ2v) is 7.26. The van der Waals surface area contributed by atoms with Crippen molar-refractivity contribution in [2.24, 2.45) is 4.99 Å². The molecule has 0 radical (unpaired) electrons. The maximum absolute atomic E-state index is 12.8. The molecule has 0 saturated heterocycles. The van der Waals surface area contributed by atoms with Crippen LogP contribution in [0.3, 0.4) is 0 Å². The van der Waals surface area contributed by atoms with Gasteiger partial charge in [-0.05, 0) is 23.3 Å². The van der Waals surface area contributed by atoms with Crippen molar-refractivity contribution in [3.63, 3.8) is 0 Å². The van der Waals surface area contributed by atoms with E-state index in [-0.39, 0.29) is 12.8 Å². The highest BCUT2D eigenvalue weighted by molar-refractivity contribution is 5.90. The Balaban J connectivity index is 1.53. The van der Waals surface area contributed by atoms with Crippen molar-refractivity contribution in [1.82, 2.24) is 15.3 Å². The Morgan fingerprint density at radius 3 is 2.03 bits per heavy atom. The van der Waals surface area contributed by atoms with Gasteiger partial charge in [0.25, 0.3) is 0 Å². The lowest BCUT2D eigenvalue weighted by molar-refractivity contribution is -0.141. The van der Waals surface area contributed by atoms with Gasteiger partial charge in [0.05, 0.1) is 0 Å². The smallest absolute Gasteiger partial charge is 0.326 e. The average molecular weight is 416 g/mol. The molecule has 0 bridgehead atoms. The molecule has 1 amide bonds. The minimum atomic E-state index is -1.17. The number of aromatic nitrogens is 2. The Morgan fingerprint density at radius 2 is 1.48 bits per heavy atom. The predicted octanol–water partition coefficient (Wildman–Crippen LogP) is 2.71. The van der Waals surface area contributed by atoms with E-state index in [4.69, 9.17) is 0 Å². The van der Waals surface area contributed by atoms with E-state index in [1.165, 1.54) is 6.08 Å². The minimum Gasteiger partial charge on any atom is -0.480 e. The number of aromatic amines is 2. The predicted molar refractivity (Wildman–Crippen MR) is 115 cm³/mol. The Labute approximate surface area is 177 Å². The Morgan fingerprint density at radius 1 is 0.935 bits per heavy atom. The third-order valence-corrected chi connectivity index (χ3v) is 5.31. The van der Waals surface area contributed by atoms with Crippen LogP contribution in [-0.4, -0.2) is 45.1 Å². The lowest BCUT2D eigenvalue weighted by Crippen LogP contribution is -2.46. The maximum atomic E-state index is 12.8. The number of aliphatic imine (C=N–C) groups is 1. The van der Waals surface area contributed by atoms with Gasteiger partial charge >= 0.3 is 5.97 Å². The van der Waals surface area contributed by atoms with Crippen molar-refractivity contribution in [1.29, 1.82) is 0 Å². The van der Waals surface area contributed by atoms with Crippen LogP contribution < -0.4 is 5.32 Å². The van der Waals surface area contributed by atoms with Crippen molar-refractivity contribution in [3.05, 3.63) is 72.1 Å². The number of benzene rings is 2. The molecule has 4 N–H and O–H groups in total. The molecule has 0 aliphatic carbocycles. The van der Waals surface area contributed by atoms with Gasteiger partial charge in [-0.1, -0.05) is 36.4 Å². The van der Waals surface area contributed by atoms with Crippen molar-refractivity contribution < 1.29 is 19.5 Å². The third kappa shape index (κ3) is 4.24. The van der Waals surface area contributed by atoms with Gasteiger partial charge in [-0.15, -0.1) is 0 Å². The lowest BCUT2D eigenvalue weighted by Gasteiger charge is -2.17. The monoisotopic (exact) mass is 416 g/mol. The molecule has 2 atom stereocenters. The fourth-order valence-electron chi connectivity index (χ4n) is 3.76. The summed E-state index contributed by atoms with van der Waals surface area (Å²) in [7, 11) is 0. The molecular weight excluding hydrogens is 396 g/mol. The number of hydrogen-bond acceptors (Lipinski definition) is 4. The van der Waals surface area contributed by atoms with E-state index >= 15 is 0 Å². The normalized spacial score (nSPS) is 12.9. The van der Waals surface area contributed by atoms with Crippen molar-refractivity contribution in [2.45, 2.75) is 24.9 Å². The zero-order valence-corrected chi connectivity index (χ0v) is 16.5. The van der Waals surface area contributed by atoms with E-state index in [1.54, 1.807) is 12.4 Å². The summed E-state index contributed by atoms with van der Waals surface area (Å²) in [6, 6.07) is 12.8. The molecule has 0 fully saturated rings. The molecule has 156 valence electrons. The summed E-state index contributed by atoms with van der Waals surface area (Å²) in [6.45, 7) is 0. The zero-order valence-electron chi connectivity index (χ0n) is 16.5. The number of aliphatic carboxylic acids is 1. The van der Waals surface area contributed by atoms with E-state index in [1.807, 2.05) is 48.5 Å². The van der Waals surface area contributed by atoms with Crippen molar-refractivity contribution in [3.8, 4) is 0 Å². The van der Waals surface area contributed by atoms with E-state index in [9.17, 15) is 19.5 Å². The van der Waals surface area contributed by atoms with Gasteiger partial charge in [0.2, 0.25) is 12.0 Å². The second kappa shape index (κ2) is 8.69. The summed E-state index contributed by atoms with van der Waals surface area (Å²) >= 11 is 0. The largest absolute Gasteiger partial charge is 0.480 e. The number of nitrogens with zero attached hydrogens (tertiary/aromatic N) is 1. The van der Waals surface area contributed by atoms with Gasteiger partial charge in [0.15, 0.2) is 0 Å². The molecule has 0 aliphatic rings. The summed E-state index contributed by atoms with van der Waals surface area (Å²) in [4.78, 5) is 45.4. The maximum Gasteiger partial charge on any atom is 0.326 e. The number of fused-ring (bicyclic) bond motifs is 2. The molecule has 2 aromatic carbocycles. The van der Waals surface area contributed by atoms with E-state index < -0.39 is 24.0 Å². The number of para-hydroxylation sites is 2. The Hall–Kier alpha value is -4.16. The van der Waals surface area contributed by atoms with Gasteiger partial charge in [0.1, 0.15) is 12.1 Å². The van der Waals surface area contributed by atoms with Crippen LogP contribution in [0.25, 0.3) is 21.8 Å². The zero-order chi connectivity index (χ0) is 21.8. The number of carboxylic acids is 1. The molecule has 0 unspecified atom stereocenters. The first-order valence-electron chi connectivity index (χ1n) is 9.77. The van der Waals surface area contributed by atoms with Crippen LogP contribution >= 0.6 is 0 Å². The lowest BCUT2D eigenvalue weighted by atomic mass is 10.0. The number of hydrogen-bond donors (Lipinski definition) is 4. The van der Waals surface area contributed by atoms with E-state index in [0.717, 1.165) is 32.9 Å². The van der Waals surface area contributed by atoms with Crippen LogP contribution in [0.1, 0.15) is 11.1 Å². The number of carbonyl (C=O) groups excluding carboxylic acids is 2. The van der Waals surface area contributed by atoms with Gasteiger partial charge in [0, 0.05) is 47.0 Å². The molecule has 4 aromatic rings. The minimum absolute atomic E-state index is 0.0930. The number of nitrogens with one attached hydrogen (secondary N) is 3. The standard InChI is InChI=1S/C23H20N4O4/c28-13-26-20(9-14-11-24-18-7-3-1-5-16(14)18)22(29)27-21(23(30)31)10-15-12-25-19-8-4-2-6-17(15)19/h1-8,11-12,20-21,24-25H,9-10H2,(H,27,29)(H,30,31)/t20-,21-/m0/s1. The highest BCUT2D eigenvalue weighted by Gasteiger charge is 2.27. The third-order valence-electron chi connectivity index (χ3n) is 5.31. The van der Waals surface area contributed by atoms with Crippen molar-refractivity contribution in [2.75, 3.05) is 0 Å². The summed E-state index contributed by atoms with van der Waals surface area (Å²) < 4.78 is 0. The van der Waals surface area contributed by atoms with E-state index in [0.29, 0.717) is 0 Å². The van der Waals surface area contributed by atoms with E-state index in [2.05, 4.69) is 20.3 Å². The highest BCUT2D eigenvalue weighted by atomic mass is 16.4. The molecule has 0 saturated carbocycles. The summed E-state index contributed by atoms with van der Waals surface area (Å²) in [5, 5.41) is 14.0. The van der Waals surface area contributed by atoms with Crippen LogP contribution in [0, 0.1) is 0 Å². The first-order valence-corrected chi connectivity index (χ1v) is 9.77. The van der Waals surface area contributed by atoms with Gasteiger partial charge < -0.3 is 20.4 Å². The number of isocyanates is 1. The molecule has 2 heterocycles. The average Bonchev–Trinajstić information content (AvgIpc) is 3.37. The van der Waals surface area contributed by atoms with Crippen LogP contribution in [0.2, 0.25) is 0 Å². The summed E-state index contributed by atoms with van der Waals surface area (Å²) in [5.74, 6) is -1.81. The first kappa shape index (κ1) is 20.1. The van der Waals surface area contributed by atoms with Crippen molar-refractivity contribution >= 4 is 39.8 Å². The molecule has 31 heavy (non-hydrogen) atoms. The quantitative estimate of drug-likeness (QED) is 0.260. The number of amides is 1. The molecular formula is C23H20N4O4. The van der Waals surface area contributed by atoms with Crippen LogP contribution in [0.5, 0.6) is 0 Å². The molecule has 2 aromatic heterocycles. The number of carbonyl (C=O) groups is 2.